The van der Waals surface area contributed by atoms with E-state index in [1.165, 1.54) is 12.1 Å². The van der Waals surface area contributed by atoms with Crippen LogP contribution in [0.4, 0.5) is 4.39 Å². The lowest BCUT2D eigenvalue weighted by molar-refractivity contribution is 0.0407. The van der Waals surface area contributed by atoms with Crippen molar-refractivity contribution in [1.29, 1.82) is 0 Å². The third-order valence-corrected chi connectivity index (χ3v) is 4.37. The number of hydrogen-bond donors (Lipinski definition) is 1. The van der Waals surface area contributed by atoms with Gasteiger partial charge in [-0.3, -0.25) is 4.90 Å². The average Bonchev–Trinajstić information content (AvgIpc) is 2.74. The van der Waals surface area contributed by atoms with Crippen molar-refractivity contribution >= 4 is 0 Å². The van der Waals surface area contributed by atoms with E-state index in [4.69, 9.17) is 10.5 Å². The smallest absolute Gasteiger partial charge is 0.125 e. The number of fused-ring (bicyclic) bond motifs is 1. The molecule has 1 aromatic carbocycles. The molecule has 0 radical (unpaired) electrons. The lowest BCUT2D eigenvalue weighted by atomic mass is 9.87. The van der Waals surface area contributed by atoms with Crippen molar-refractivity contribution in [3.8, 4) is 5.75 Å². The number of benzene rings is 1. The monoisotopic (exact) mass is 264 g/mol. The first kappa shape index (κ1) is 12.9. The van der Waals surface area contributed by atoms with Crippen LogP contribution >= 0.6 is 0 Å². The molecule has 19 heavy (non-hydrogen) atoms. The van der Waals surface area contributed by atoms with Gasteiger partial charge in [0.05, 0.1) is 0 Å². The Morgan fingerprint density at radius 3 is 2.95 bits per heavy atom. The van der Waals surface area contributed by atoms with Crippen LogP contribution in [0.5, 0.6) is 5.75 Å². The highest BCUT2D eigenvalue weighted by atomic mass is 19.1. The van der Waals surface area contributed by atoms with Gasteiger partial charge in [-0.25, -0.2) is 4.39 Å². The molecule has 2 atom stereocenters. The van der Waals surface area contributed by atoms with Crippen molar-refractivity contribution in [2.24, 2.45) is 5.73 Å². The first-order valence-electron chi connectivity index (χ1n) is 6.97. The highest BCUT2D eigenvalue weighted by Crippen LogP contribution is 2.43. The lowest BCUT2D eigenvalue weighted by Crippen LogP contribution is -2.46. The summed E-state index contributed by atoms with van der Waals surface area (Å²) in [6, 6.07) is 5.05. The van der Waals surface area contributed by atoms with E-state index in [9.17, 15) is 4.39 Å². The van der Waals surface area contributed by atoms with Gasteiger partial charge in [0.2, 0.25) is 0 Å². The van der Waals surface area contributed by atoms with Gasteiger partial charge < -0.3 is 10.5 Å². The van der Waals surface area contributed by atoms with Gasteiger partial charge in [-0.15, -0.1) is 0 Å². The van der Waals surface area contributed by atoms with Crippen molar-refractivity contribution in [1.82, 2.24) is 4.90 Å². The summed E-state index contributed by atoms with van der Waals surface area (Å²) in [5.41, 5.74) is 6.84. The predicted molar refractivity (Wildman–Crippen MR) is 72.6 cm³/mol. The summed E-state index contributed by atoms with van der Waals surface area (Å²) < 4.78 is 19.5. The molecule has 2 heterocycles. The Kier molecular flexibility index (Phi) is 3.02. The molecule has 0 aliphatic carbocycles. The normalized spacial score (nSPS) is 30.7. The molecule has 1 fully saturated rings. The Labute approximate surface area is 113 Å². The molecule has 2 N–H and O–H groups in total. The molecule has 3 rings (SSSR count). The quantitative estimate of drug-likeness (QED) is 0.847. The molecule has 0 saturated carbocycles. The van der Waals surface area contributed by atoms with E-state index in [1.807, 2.05) is 0 Å². The highest BCUT2D eigenvalue weighted by Gasteiger charge is 2.45. The molecule has 2 aliphatic rings. The van der Waals surface area contributed by atoms with E-state index in [1.54, 1.807) is 6.07 Å². The number of nitrogens with two attached hydrogens (primary N) is 1. The van der Waals surface area contributed by atoms with Crippen LogP contribution < -0.4 is 10.5 Å². The minimum absolute atomic E-state index is 0.133. The summed E-state index contributed by atoms with van der Waals surface area (Å²) in [5, 5.41) is 0. The molecule has 1 unspecified atom stereocenters. The molecule has 3 nitrogen and oxygen atoms in total. The Morgan fingerprint density at radius 1 is 1.47 bits per heavy atom. The SMILES string of the molecule is CC(C)N1CCC2(C[C@H](N)c3cc(F)ccc3O2)C1. The van der Waals surface area contributed by atoms with Gasteiger partial charge in [0.25, 0.3) is 0 Å². The topological polar surface area (TPSA) is 38.5 Å². The second kappa shape index (κ2) is 4.46. The van der Waals surface area contributed by atoms with E-state index >= 15 is 0 Å². The van der Waals surface area contributed by atoms with E-state index in [0.29, 0.717) is 6.04 Å². The number of hydrogen-bond acceptors (Lipinski definition) is 3. The molecule has 1 aromatic rings. The summed E-state index contributed by atoms with van der Waals surface area (Å²) in [6.07, 6.45) is 1.77. The van der Waals surface area contributed by atoms with Gasteiger partial charge in [0.15, 0.2) is 0 Å². The molecular weight excluding hydrogens is 243 g/mol. The van der Waals surface area contributed by atoms with E-state index in [-0.39, 0.29) is 17.5 Å². The third-order valence-electron chi connectivity index (χ3n) is 4.37. The highest BCUT2D eigenvalue weighted by molar-refractivity contribution is 5.39. The van der Waals surface area contributed by atoms with Crippen molar-refractivity contribution in [2.45, 2.75) is 44.4 Å². The zero-order chi connectivity index (χ0) is 13.6. The van der Waals surface area contributed by atoms with Crippen molar-refractivity contribution < 1.29 is 9.13 Å². The first-order chi connectivity index (χ1) is 8.99. The number of nitrogens with zero attached hydrogens (tertiary/aromatic N) is 1. The Morgan fingerprint density at radius 2 is 2.26 bits per heavy atom. The van der Waals surface area contributed by atoms with Gasteiger partial charge in [-0.1, -0.05) is 0 Å². The second-order valence-electron chi connectivity index (χ2n) is 6.09. The van der Waals surface area contributed by atoms with Crippen LogP contribution in [0.15, 0.2) is 18.2 Å². The standard InChI is InChI=1S/C15H21FN2O/c1-10(2)18-6-5-15(9-18)8-13(17)12-7-11(16)3-4-14(12)19-15/h3-4,7,10,13H,5-6,8-9,17H2,1-2H3/t13-,15?/m0/s1. The van der Waals surface area contributed by atoms with Crippen LogP contribution in [0.25, 0.3) is 0 Å². The molecule has 0 aromatic heterocycles. The summed E-state index contributed by atoms with van der Waals surface area (Å²) >= 11 is 0. The molecule has 0 amide bonds. The summed E-state index contributed by atoms with van der Waals surface area (Å²) in [5.74, 6) is 0.509. The van der Waals surface area contributed by atoms with Gasteiger partial charge in [0.1, 0.15) is 17.2 Å². The maximum Gasteiger partial charge on any atom is 0.125 e. The van der Waals surface area contributed by atoms with Crippen LogP contribution in [-0.4, -0.2) is 29.6 Å². The van der Waals surface area contributed by atoms with Crippen LogP contribution in [0, 0.1) is 5.82 Å². The maximum absolute atomic E-state index is 13.3. The minimum atomic E-state index is -0.246. The molecule has 0 bridgehead atoms. The van der Waals surface area contributed by atoms with Crippen LogP contribution in [0.2, 0.25) is 0 Å². The van der Waals surface area contributed by atoms with E-state index < -0.39 is 0 Å². The van der Waals surface area contributed by atoms with Gasteiger partial charge >= 0.3 is 0 Å². The number of ether oxygens (including phenoxy) is 1. The van der Waals surface area contributed by atoms with Crippen molar-refractivity contribution in [3.63, 3.8) is 0 Å². The molecular formula is C15H21FN2O. The molecule has 1 saturated heterocycles. The fraction of sp³-hybridized carbons (Fsp3) is 0.600. The molecule has 4 heteroatoms. The molecule has 104 valence electrons. The van der Waals surface area contributed by atoms with Crippen LogP contribution in [0.1, 0.15) is 38.3 Å². The predicted octanol–water partition coefficient (Wildman–Crippen LogP) is 2.46. The zero-order valence-electron chi connectivity index (χ0n) is 11.5. The minimum Gasteiger partial charge on any atom is -0.485 e. The number of halogens is 1. The Bertz CT molecular complexity index is 491. The third kappa shape index (κ3) is 2.23. The fourth-order valence-corrected chi connectivity index (χ4v) is 3.25. The molecule has 1 spiro atoms. The van der Waals surface area contributed by atoms with Crippen molar-refractivity contribution in [3.05, 3.63) is 29.6 Å². The van der Waals surface area contributed by atoms with E-state index in [0.717, 1.165) is 37.2 Å². The van der Waals surface area contributed by atoms with Crippen LogP contribution in [0.3, 0.4) is 0 Å². The molecule has 2 aliphatic heterocycles. The summed E-state index contributed by atoms with van der Waals surface area (Å²) in [6.45, 7) is 6.35. The fourth-order valence-electron chi connectivity index (χ4n) is 3.25. The number of rotatable bonds is 1. The van der Waals surface area contributed by atoms with Gasteiger partial charge in [0, 0.05) is 43.6 Å². The zero-order valence-corrected chi connectivity index (χ0v) is 11.5. The Hall–Kier alpha value is -1.13. The summed E-state index contributed by atoms with van der Waals surface area (Å²) in [4.78, 5) is 2.42. The average molecular weight is 264 g/mol. The van der Waals surface area contributed by atoms with Crippen LogP contribution in [-0.2, 0) is 0 Å². The maximum atomic E-state index is 13.3. The van der Waals surface area contributed by atoms with Gasteiger partial charge in [-0.2, -0.15) is 0 Å². The summed E-state index contributed by atoms with van der Waals surface area (Å²) in [7, 11) is 0. The second-order valence-corrected chi connectivity index (χ2v) is 6.09. The first-order valence-corrected chi connectivity index (χ1v) is 6.97. The Balaban J connectivity index is 1.87. The number of likely N-dealkylation sites (tertiary alicyclic amines) is 1. The largest absolute Gasteiger partial charge is 0.485 e. The van der Waals surface area contributed by atoms with Gasteiger partial charge in [-0.05, 0) is 32.0 Å². The van der Waals surface area contributed by atoms with E-state index in [2.05, 4.69) is 18.7 Å². The van der Waals surface area contributed by atoms with Crippen molar-refractivity contribution in [2.75, 3.05) is 13.1 Å². The lowest BCUT2D eigenvalue weighted by Gasteiger charge is -2.39.